The molecular weight excluding hydrogens is 238 g/mol. The summed E-state index contributed by atoms with van der Waals surface area (Å²) < 4.78 is 11.7. The second kappa shape index (κ2) is 4.80. The molecule has 0 saturated heterocycles. The van der Waals surface area contributed by atoms with Crippen molar-refractivity contribution in [2.75, 3.05) is 6.61 Å². The highest BCUT2D eigenvalue weighted by Crippen LogP contribution is 2.44. The van der Waals surface area contributed by atoms with Gasteiger partial charge in [-0.1, -0.05) is 18.2 Å². The van der Waals surface area contributed by atoms with Gasteiger partial charge in [-0.2, -0.15) is 0 Å². The van der Waals surface area contributed by atoms with E-state index < -0.39 is 0 Å². The molecule has 1 saturated carbocycles. The highest BCUT2D eigenvalue weighted by molar-refractivity contribution is 5.42. The van der Waals surface area contributed by atoms with Crippen LogP contribution in [0.5, 0.6) is 5.75 Å². The molecule has 2 aliphatic rings. The summed E-state index contributed by atoms with van der Waals surface area (Å²) in [5, 5.41) is 3.75. The Balaban J connectivity index is 1.67. The Hall–Kier alpha value is -1.06. The lowest BCUT2D eigenvalue weighted by molar-refractivity contribution is -0.0197. The highest BCUT2D eigenvalue weighted by atomic mass is 16.5. The van der Waals surface area contributed by atoms with Crippen molar-refractivity contribution < 1.29 is 9.47 Å². The summed E-state index contributed by atoms with van der Waals surface area (Å²) in [6.07, 6.45) is 2.67. The van der Waals surface area contributed by atoms with E-state index in [0.29, 0.717) is 12.1 Å². The standard InChI is InChI=1S/C16H23NO2/c1-4-18-12-9-11(10-12)17-15-13-7-5-6-8-14(13)19-16(15,2)3/h5-8,11-12,15,17H,4,9-10H2,1-3H3. The molecule has 0 radical (unpaired) electrons. The van der Waals surface area contributed by atoms with Gasteiger partial charge in [0.15, 0.2) is 0 Å². The first-order chi connectivity index (χ1) is 9.10. The second-order valence-electron chi connectivity index (χ2n) is 6.09. The number of nitrogens with one attached hydrogen (secondary N) is 1. The largest absolute Gasteiger partial charge is 0.486 e. The lowest BCUT2D eigenvalue weighted by Crippen LogP contribution is -2.51. The summed E-state index contributed by atoms with van der Waals surface area (Å²) in [5.74, 6) is 1.02. The number of ether oxygens (including phenoxy) is 2. The number of benzene rings is 1. The van der Waals surface area contributed by atoms with Crippen LogP contribution in [0.15, 0.2) is 24.3 Å². The minimum atomic E-state index is -0.180. The first kappa shape index (κ1) is 12.9. The van der Waals surface area contributed by atoms with Crippen molar-refractivity contribution in [2.45, 2.75) is 57.4 Å². The number of hydrogen-bond donors (Lipinski definition) is 1. The van der Waals surface area contributed by atoms with Crippen LogP contribution in [0.4, 0.5) is 0 Å². The van der Waals surface area contributed by atoms with Crippen molar-refractivity contribution in [1.29, 1.82) is 0 Å². The third-order valence-corrected chi connectivity index (χ3v) is 4.20. The Bertz CT molecular complexity index is 452. The minimum Gasteiger partial charge on any atom is -0.486 e. The van der Waals surface area contributed by atoms with E-state index in [2.05, 4.69) is 44.3 Å². The fraction of sp³-hybridized carbons (Fsp3) is 0.625. The summed E-state index contributed by atoms with van der Waals surface area (Å²) in [7, 11) is 0. The molecule has 1 aliphatic heterocycles. The number of rotatable bonds is 4. The van der Waals surface area contributed by atoms with E-state index in [1.54, 1.807) is 0 Å². The molecule has 3 heteroatoms. The molecule has 3 rings (SSSR count). The fourth-order valence-electron chi connectivity index (χ4n) is 3.13. The van der Waals surface area contributed by atoms with E-state index in [1.165, 1.54) is 5.56 Å². The maximum Gasteiger partial charge on any atom is 0.125 e. The third kappa shape index (κ3) is 2.37. The van der Waals surface area contributed by atoms with Crippen LogP contribution in [0.3, 0.4) is 0 Å². The van der Waals surface area contributed by atoms with Crippen molar-refractivity contribution in [3.63, 3.8) is 0 Å². The fourth-order valence-corrected chi connectivity index (χ4v) is 3.13. The van der Waals surface area contributed by atoms with Gasteiger partial charge >= 0.3 is 0 Å². The Labute approximate surface area is 115 Å². The second-order valence-corrected chi connectivity index (χ2v) is 6.09. The van der Waals surface area contributed by atoms with Crippen LogP contribution in [-0.4, -0.2) is 24.4 Å². The first-order valence-corrected chi connectivity index (χ1v) is 7.25. The summed E-state index contributed by atoms with van der Waals surface area (Å²) in [5.41, 5.74) is 1.10. The van der Waals surface area contributed by atoms with E-state index in [-0.39, 0.29) is 11.6 Å². The monoisotopic (exact) mass is 261 g/mol. The van der Waals surface area contributed by atoms with Gasteiger partial charge < -0.3 is 14.8 Å². The molecule has 0 bridgehead atoms. The van der Waals surface area contributed by atoms with Gasteiger partial charge in [-0.15, -0.1) is 0 Å². The predicted octanol–water partition coefficient (Wildman–Crippen LogP) is 3.06. The van der Waals surface area contributed by atoms with Crippen LogP contribution in [0.25, 0.3) is 0 Å². The van der Waals surface area contributed by atoms with Crippen molar-refractivity contribution in [3.8, 4) is 5.75 Å². The van der Waals surface area contributed by atoms with Gasteiger partial charge in [-0.05, 0) is 39.7 Å². The number of fused-ring (bicyclic) bond motifs is 1. The number of para-hydroxylation sites is 1. The maximum atomic E-state index is 6.06. The molecule has 0 spiro atoms. The molecule has 0 aromatic heterocycles. The van der Waals surface area contributed by atoms with E-state index in [4.69, 9.17) is 9.47 Å². The molecule has 1 fully saturated rings. The Kier molecular flexibility index (Phi) is 3.27. The zero-order chi connectivity index (χ0) is 13.5. The van der Waals surface area contributed by atoms with Crippen LogP contribution in [0, 0.1) is 0 Å². The summed E-state index contributed by atoms with van der Waals surface area (Å²) >= 11 is 0. The van der Waals surface area contributed by atoms with Gasteiger partial charge in [0.1, 0.15) is 11.4 Å². The van der Waals surface area contributed by atoms with Crippen molar-refractivity contribution in [3.05, 3.63) is 29.8 Å². The summed E-state index contributed by atoms with van der Waals surface area (Å²) in [6, 6.07) is 9.17. The van der Waals surface area contributed by atoms with Gasteiger partial charge in [-0.25, -0.2) is 0 Å². The van der Waals surface area contributed by atoms with Crippen molar-refractivity contribution in [1.82, 2.24) is 5.32 Å². The average Bonchev–Trinajstić information content (AvgIpc) is 2.57. The van der Waals surface area contributed by atoms with Crippen LogP contribution >= 0.6 is 0 Å². The first-order valence-electron chi connectivity index (χ1n) is 7.25. The smallest absolute Gasteiger partial charge is 0.125 e. The molecule has 104 valence electrons. The van der Waals surface area contributed by atoms with Gasteiger partial charge in [0, 0.05) is 18.2 Å². The Morgan fingerprint density at radius 2 is 2.05 bits per heavy atom. The zero-order valence-corrected chi connectivity index (χ0v) is 12.0. The lowest BCUT2D eigenvalue weighted by Gasteiger charge is -2.39. The van der Waals surface area contributed by atoms with Gasteiger partial charge in [0.05, 0.1) is 12.1 Å². The van der Waals surface area contributed by atoms with E-state index in [9.17, 15) is 0 Å². The molecule has 1 atom stereocenters. The van der Waals surface area contributed by atoms with Gasteiger partial charge in [0.2, 0.25) is 0 Å². The zero-order valence-electron chi connectivity index (χ0n) is 12.0. The molecule has 1 aliphatic carbocycles. The molecule has 1 N–H and O–H groups in total. The van der Waals surface area contributed by atoms with Crippen LogP contribution in [0.1, 0.15) is 45.2 Å². The van der Waals surface area contributed by atoms with Crippen molar-refractivity contribution in [2.24, 2.45) is 0 Å². The highest BCUT2D eigenvalue weighted by Gasteiger charge is 2.43. The van der Waals surface area contributed by atoms with E-state index in [0.717, 1.165) is 25.2 Å². The quantitative estimate of drug-likeness (QED) is 0.903. The number of hydrogen-bond acceptors (Lipinski definition) is 3. The van der Waals surface area contributed by atoms with Crippen LogP contribution in [-0.2, 0) is 4.74 Å². The Morgan fingerprint density at radius 1 is 1.32 bits per heavy atom. The molecule has 1 heterocycles. The molecular formula is C16H23NO2. The minimum absolute atomic E-state index is 0.180. The predicted molar refractivity (Wildman–Crippen MR) is 75.5 cm³/mol. The van der Waals surface area contributed by atoms with E-state index in [1.807, 2.05) is 6.07 Å². The molecule has 3 nitrogen and oxygen atoms in total. The average molecular weight is 261 g/mol. The summed E-state index contributed by atoms with van der Waals surface area (Å²) in [4.78, 5) is 0. The molecule has 1 unspecified atom stereocenters. The van der Waals surface area contributed by atoms with E-state index >= 15 is 0 Å². The summed E-state index contributed by atoms with van der Waals surface area (Å²) in [6.45, 7) is 7.19. The van der Waals surface area contributed by atoms with Gasteiger partial charge in [-0.3, -0.25) is 0 Å². The van der Waals surface area contributed by atoms with Crippen LogP contribution in [0.2, 0.25) is 0 Å². The molecule has 0 amide bonds. The van der Waals surface area contributed by atoms with Gasteiger partial charge in [0.25, 0.3) is 0 Å². The van der Waals surface area contributed by atoms with Crippen LogP contribution < -0.4 is 10.1 Å². The SMILES string of the molecule is CCOC1CC(NC2c3ccccc3OC2(C)C)C1. The van der Waals surface area contributed by atoms with Crippen molar-refractivity contribution >= 4 is 0 Å². The normalized spacial score (nSPS) is 31.4. The maximum absolute atomic E-state index is 6.06. The lowest BCUT2D eigenvalue weighted by atomic mass is 9.85. The molecule has 1 aromatic rings. The molecule has 19 heavy (non-hydrogen) atoms. The Morgan fingerprint density at radius 3 is 2.79 bits per heavy atom. The topological polar surface area (TPSA) is 30.5 Å². The molecule has 1 aromatic carbocycles. The third-order valence-electron chi connectivity index (χ3n) is 4.20.